The van der Waals surface area contributed by atoms with Crippen LogP contribution in [0.25, 0.3) is 6.08 Å². The molecule has 0 atom stereocenters. The Morgan fingerprint density at radius 1 is 1.47 bits per heavy atom. The van der Waals surface area contributed by atoms with Crippen LogP contribution in [0.15, 0.2) is 23.9 Å². The quantitative estimate of drug-likeness (QED) is 0.581. The molecule has 0 radical (unpaired) electrons. The Kier molecular flexibility index (Phi) is 4.69. The number of hydrogen-bond donors (Lipinski definition) is 0. The largest absolute Gasteiger partial charge is 0.496 e. The number of nitrogens with zero attached hydrogens (tertiary/aromatic N) is 1. The SMILES string of the molecule is CCC(=Cc1ccc(CC)c(OC)c1)[N+](=O)[O-]. The zero-order valence-corrected chi connectivity index (χ0v) is 10.4. The minimum absolute atomic E-state index is 0.205. The lowest BCUT2D eigenvalue weighted by Gasteiger charge is -2.07. The Bertz CT molecular complexity index is 438. The van der Waals surface area contributed by atoms with E-state index in [1.165, 1.54) is 0 Å². The molecule has 1 aromatic rings. The Balaban J connectivity index is 3.11. The van der Waals surface area contributed by atoms with Gasteiger partial charge in [-0.1, -0.05) is 26.0 Å². The van der Waals surface area contributed by atoms with Gasteiger partial charge in [0, 0.05) is 12.5 Å². The van der Waals surface area contributed by atoms with E-state index in [1.807, 2.05) is 25.1 Å². The van der Waals surface area contributed by atoms with E-state index in [1.54, 1.807) is 20.1 Å². The molecule has 0 fully saturated rings. The highest BCUT2D eigenvalue weighted by molar-refractivity contribution is 5.55. The molecule has 4 nitrogen and oxygen atoms in total. The molecule has 4 heteroatoms. The first-order valence-corrected chi connectivity index (χ1v) is 5.64. The summed E-state index contributed by atoms with van der Waals surface area (Å²) >= 11 is 0. The fourth-order valence-electron chi connectivity index (χ4n) is 1.62. The number of ether oxygens (including phenoxy) is 1. The lowest BCUT2D eigenvalue weighted by Crippen LogP contribution is -1.97. The number of aryl methyl sites for hydroxylation is 1. The summed E-state index contributed by atoms with van der Waals surface area (Å²) in [5.74, 6) is 0.778. The third kappa shape index (κ3) is 3.31. The van der Waals surface area contributed by atoms with Gasteiger partial charge >= 0.3 is 0 Å². The van der Waals surface area contributed by atoms with Crippen molar-refractivity contribution in [3.05, 3.63) is 45.1 Å². The fourth-order valence-corrected chi connectivity index (χ4v) is 1.62. The summed E-state index contributed by atoms with van der Waals surface area (Å²) < 4.78 is 5.25. The molecule has 0 bridgehead atoms. The number of allylic oxidation sites excluding steroid dienone is 1. The van der Waals surface area contributed by atoms with Crippen LogP contribution in [-0.4, -0.2) is 12.0 Å². The smallest absolute Gasteiger partial charge is 0.246 e. The summed E-state index contributed by atoms with van der Waals surface area (Å²) in [5.41, 5.74) is 2.10. The molecule has 1 aromatic carbocycles. The van der Waals surface area contributed by atoms with E-state index < -0.39 is 0 Å². The van der Waals surface area contributed by atoms with E-state index in [9.17, 15) is 10.1 Å². The minimum atomic E-state index is -0.347. The second-order valence-corrected chi connectivity index (χ2v) is 3.67. The van der Waals surface area contributed by atoms with Crippen LogP contribution in [0.2, 0.25) is 0 Å². The van der Waals surface area contributed by atoms with Crippen molar-refractivity contribution in [2.75, 3.05) is 7.11 Å². The van der Waals surface area contributed by atoms with Gasteiger partial charge in [0.1, 0.15) is 5.75 Å². The maximum absolute atomic E-state index is 10.7. The second-order valence-electron chi connectivity index (χ2n) is 3.67. The molecule has 0 saturated carbocycles. The third-order valence-corrected chi connectivity index (χ3v) is 2.62. The molecule has 92 valence electrons. The zero-order valence-electron chi connectivity index (χ0n) is 10.4. The molecule has 0 aliphatic carbocycles. The van der Waals surface area contributed by atoms with Crippen LogP contribution in [0.3, 0.4) is 0 Å². The molecular weight excluding hydrogens is 218 g/mol. The summed E-state index contributed by atoms with van der Waals surface area (Å²) in [7, 11) is 1.61. The van der Waals surface area contributed by atoms with E-state index in [2.05, 4.69) is 0 Å². The van der Waals surface area contributed by atoms with Crippen molar-refractivity contribution >= 4 is 6.08 Å². The molecule has 0 heterocycles. The van der Waals surface area contributed by atoms with Crippen LogP contribution in [-0.2, 0) is 6.42 Å². The van der Waals surface area contributed by atoms with Gasteiger partial charge in [0.05, 0.1) is 12.0 Å². The van der Waals surface area contributed by atoms with Crippen molar-refractivity contribution in [2.45, 2.75) is 26.7 Å². The molecule has 0 aromatic heterocycles. The normalized spacial score (nSPS) is 11.4. The van der Waals surface area contributed by atoms with Crippen molar-refractivity contribution in [1.82, 2.24) is 0 Å². The minimum Gasteiger partial charge on any atom is -0.496 e. The highest BCUT2D eigenvalue weighted by Crippen LogP contribution is 2.22. The van der Waals surface area contributed by atoms with Crippen molar-refractivity contribution in [3.63, 3.8) is 0 Å². The average molecular weight is 235 g/mol. The summed E-state index contributed by atoms with van der Waals surface area (Å²) in [6, 6.07) is 5.65. The number of benzene rings is 1. The number of nitro groups is 1. The topological polar surface area (TPSA) is 52.4 Å². The number of methoxy groups -OCH3 is 1. The number of hydrogen-bond acceptors (Lipinski definition) is 3. The maximum atomic E-state index is 10.7. The van der Waals surface area contributed by atoms with Crippen molar-refractivity contribution in [1.29, 1.82) is 0 Å². The van der Waals surface area contributed by atoms with Gasteiger partial charge in [-0.15, -0.1) is 0 Å². The molecule has 0 N–H and O–H groups in total. The monoisotopic (exact) mass is 235 g/mol. The van der Waals surface area contributed by atoms with Crippen LogP contribution >= 0.6 is 0 Å². The molecule has 0 aliphatic rings. The predicted molar refractivity (Wildman–Crippen MR) is 67.6 cm³/mol. The first-order chi connectivity index (χ1) is 8.12. The van der Waals surface area contributed by atoms with Crippen molar-refractivity contribution in [2.24, 2.45) is 0 Å². The summed E-state index contributed by atoms with van der Waals surface area (Å²) in [6.07, 6.45) is 2.87. The van der Waals surface area contributed by atoms with Gasteiger partial charge in [0.25, 0.3) is 0 Å². The van der Waals surface area contributed by atoms with Crippen LogP contribution in [0.5, 0.6) is 5.75 Å². The van der Waals surface area contributed by atoms with Crippen LogP contribution in [0, 0.1) is 10.1 Å². The zero-order chi connectivity index (χ0) is 12.8. The molecule has 0 amide bonds. The molecule has 17 heavy (non-hydrogen) atoms. The Labute approximate surface area is 101 Å². The first-order valence-electron chi connectivity index (χ1n) is 5.64. The van der Waals surface area contributed by atoms with Gasteiger partial charge < -0.3 is 4.74 Å². The maximum Gasteiger partial charge on any atom is 0.246 e. The first kappa shape index (κ1) is 13.2. The van der Waals surface area contributed by atoms with Gasteiger partial charge in [-0.05, 0) is 23.6 Å². The van der Waals surface area contributed by atoms with Gasteiger partial charge in [0.2, 0.25) is 5.70 Å². The van der Waals surface area contributed by atoms with Gasteiger partial charge in [-0.3, -0.25) is 10.1 Å². The predicted octanol–water partition coefficient (Wildman–Crippen LogP) is 3.29. The van der Waals surface area contributed by atoms with Crippen LogP contribution in [0.4, 0.5) is 0 Å². The third-order valence-electron chi connectivity index (χ3n) is 2.62. The Morgan fingerprint density at radius 2 is 2.18 bits per heavy atom. The van der Waals surface area contributed by atoms with E-state index in [0.717, 1.165) is 23.3 Å². The lowest BCUT2D eigenvalue weighted by atomic mass is 10.1. The fraction of sp³-hybridized carbons (Fsp3) is 0.385. The standard InChI is InChI=1S/C13H17NO3/c1-4-11-7-6-10(9-13(11)17-3)8-12(5-2)14(15)16/h6-9H,4-5H2,1-3H3. The summed E-state index contributed by atoms with van der Waals surface area (Å²) in [5, 5.41) is 10.7. The van der Waals surface area contributed by atoms with E-state index in [-0.39, 0.29) is 10.6 Å². The van der Waals surface area contributed by atoms with Gasteiger partial charge in [-0.2, -0.15) is 0 Å². The lowest BCUT2D eigenvalue weighted by molar-refractivity contribution is -0.425. The molecule has 0 spiro atoms. The van der Waals surface area contributed by atoms with E-state index in [0.29, 0.717) is 6.42 Å². The Morgan fingerprint density at radius 3 is 2.65 bits per heavy atom. The second kappa shape index (κ2) is 6.03. The average Bonchev–Trinajstić information content (AvgIpc) is 2.35. The van der Waals surface area contributed by atoms with Crippen molar-refractivity contribution in [3.8, 4) is 5.75 Å². The van der Waals surface area contributed by atoms with Gasteiger partial charge in [0.15, 0.2) is 0 Å². The molecular formula is C13H17NO3. The molecule has 0 unspecified atom stereocenters. The summed E-state index contributed by atoms with van der Waals surface area (Å²) in [4.78, 5) is 10.4. The summed E-state index contributed by atoms with van der Waals surface area (Å²) in [6.45, 7) is 3.81. The number of rotatable bonds is 5. The van der Waals surface area contributed by atoms with Crippen LogP contribution in [0.1, 0.15) is 31.4 Å². The van der Waals surface area contributed by atoms with Crippen molar-refractivity contribution < 1.29 is 9.66 Å². The van der Waals surface area contributed by atoms with Crippen LogP contribution < -0.4 is 4.74 Å². The molecule has 1 rings (SSSR count). The van der Waals surface area contributed by atoms with Gasteiger partial charge in [-0.25, -0.2) is 0 Å². The Hall–Kier alpha value is -1.84. The molecule has 0 saturated heterocycles. The van der Waals surface area contributed by atoms with E-state index >= 15 is 0 Å². The highest BCUT2D eigenvalue weighted by atomic mass is 16.6. The molecule has 0 aliphatic heterocycles. The highest BCUT2D eigenvalue weighted by Gasteiger charge is 2.08. The van der Waals surface area contributed by atoms with E-state index in [4.69, 9.17) is 4.74 Å².